The summed E-state index contributed by atoms with van der Waals surface area (Å²) < 4.78 is 5.56. The van der Waals surface area contributed by atoms with Crippen molar-refractivity contribution in [2.75, 3.05) is 6.61 Å². The zero-order chi connectivity index (χ0) is 15.3. The summed E-state index contributed by atoms with van der Waals surface area (Å²) in [5, 5.41) is 10.3. The summed E-state index contributed by atoms with van der Waals surface area (Å²) in [5.41, 5.74) is 2.36. The minimum Gasteiger partial charge on any atom is -0.367 e. The van der Waals surface area contributed by atoms with Gasteiger partial charge in [0.15, 0.2) is 6.29 Å². The lowest BCUT2D eigenvalue weighted by Gasteiger charge is -2.51. The van der Waals surface area contributed by atoms with Gasteiger partial charge in [-0.25, -0.2) is 0 Å². The largest absolute Gasteiger partial charge is 0.367 e. The van der Waals surface area contributed by atoms with Crippen molar-refractivity contribution < 1.29 is 9.84 Å². The van der Waals surface area contributed by atoms with E-state index in [1.54, 1.807) is 0 Å². The zero-order valence-electron chi connectivity index (χ0n) is 14.2. The van der Waals surface area contributed by atoms with Gasteiger partial charge in [-0.05, 0) is 61.7 Å². The van der Waals surface area contributed by atoms with Crippen molar-refractivity contribution >= 4 is 0 Å². The van der Waals surface area contributed by atoms with E-state index in [2.05, 4.69) is 33.8 Å². The first kappa shape index (κ1) is 15.6. The van der Waals surface area contributed by atoms with Gasteiger partial charge in [0.25, 0.3) is 0 Å². The molecule has 2 nitrogen and oxygen atoms in total. The van der Waals surface area contributed by atoms with Crippen LogP contribution in [0.5, 0.6) is 0 Å². The van der Waals surface area contributed by atoms with Gasteiger partial charge >= 0.3 is 0 Å². The van der Waals surface area contributed by atoms with Gasteiger partial charge in [0.05, 0.1) is 6.61 Å². The number of allylic oxidation sites excluding steroid dienone is 1. The van der Waals surface area contributed by atoms with Crippen LogP contribution >= 0.6 is 0 Å². The minimum absolute atomic E-state index is 0.260. The van der Waals surface area contributed by atoms with Crippen LogP contribution in [0, 0.1) is 28.6 Å². The van der Waals surface area contributed by atoms with Crippen LogP contribution in [0.15, 0.2) is 11.6 Å². The van der Waals surface area contributed by atoms with Crippen LogP contribution in [-0.4, -0.2) is 18.0 Å². The first-order valence-corrected chi connectivity index (χ1v) is 8.82. The molecule has 0 spiro atoms. The summed E-state index contributed by atoms with van der Waals surface area (Å²) in [7, 11) is 0. The van der Waals surface area contributed by atoms with Crippen LogP contribution in [0.25, 0.3) is 0 Å². The van der Waals surface area contributed by atoms with E-state index >= 15 is 0 Å². The van der Waals surface area contributed by atoms with Crippen molar-refractivity contribution in [3.05, 3.63) is 11.6 Å². The van der Waals surface area contributed by atoms with Crippen LogP contribution in [0.1, 0.15) is 66.2 Å². The molecule has 3 aliphatic rings. The van der Waals surface area contributed by atoms with E-state index < -0.39 is 6.29 Å². The van der Waals surface area contributed by atoms with Gasteiger partial charge in [0.1, 0.15) is 0 Å². The molecule has 0 aromatic heterocycles. The third-order valence-corrected chi connectivity index (χ3v) is 6.57. The molecule has 0 aromatic rings. The fourth-order valence-corrected chi connectivity index (χ4v) is 5.82. The van der Waals surface area contributed by atoms with Crippen LogP contribution < -0.4 is 0 Å². The van der Waals surface area contributed by atoms with Gasteiger partial charge in [-0.1, -0.05) is 38.8 Å². The molecule has 2 heteroatoms. The van der Waals surface area contributed by atoms with Crippen molar-refractivity contribution in [1.29, 1.82) is 0 Å². The SMILES string of the molecule is C/C=C1\[C@H]2[C@@H](CC[C@@H]1[C@@]1(C)CCCC(C)(C)C1)CO[C@@H]2O. The molecule has 5 atom stereocenters. The Hall–Kier alpha value is -0.340. The Morgan fingerprint density at radius 2 is 1.95 bits per heavy atom. The number of hydrogen-bond donors (Lipinski definition) is 1. The standard InChI is InChI=1S/C19H32O2/c1-5-14-15(8-7-13-11-21-17(20)16(13)14)19(4)10-6-9-18(2,3)12-19/h5,13,15-17,20H,6-12H2,1-4H3/b14-5-/t13-,15-,16+,17-,19-/m0/s1. The molecule has 1 aliphatic heterocycles. The normalized spacial score (nSPS) is 48.3. The van der Waals surface area contributed by atoms with Crippen LogP contribution in [-0.2, 0) is 4.74 Å². The lowest BCUT2D eigenvalue weighted by Crippen LogP contribution is -2.42. The molecule has 1 N–H and O–H groups in total. The van der Waals surface area contributed by atoms with Crippen molar-refractivity contribution in [2.24, 2.45) is 28.6 Å². The number of aliphatic hydroxyl groups excluding tert-OH is 1. The van der Waals surface area contributed by atoms with Gasteiger partial charge in [-0.15, -0.1) is 0 Å². The quantitative estimate of drug-likeness (QED) is 0.719. The zero-order valence-corrected chi connectivity index (χ0v) is 14.2. The third-order valence-electron chi connectivity index (χ3n) is 6.57. The lowest BCUT2D eigenvalue weighted by atomic mass is 9.54. The maximum atomic E-state index is 10.3. The van der Waals surface area contributed by atoms with Crippen molar-refractivity contribution in [3.8, 4) is 0 Å². The smallest absolute Gasteiger partial charge is 0.161 e. The van der Waals surface area contributed by atoms with E-state index in [0.717, 1.165) is 6.61 Å². The summed E-state index contributed by atoms with van der Waals surface area (Å²) in [6.45, 7) is 10.3. The van der Waals surface area contributed by atoms with Crippen LogP contribution in [0.2, 0.25) is 0 Å². The topological polar surface area (TPSA) is 29.5 Å². The summed E-state index contributed by atoms with van der Waals surface area (Å²) in [4.78, 5) is 0. The Morgan fingerprint density at radius 1 is 1.19 bits per heavy atom. The number of ether oxygens (including phenoxy) is 1. The highest BCUT2D eigenvalue weighted by Crippen LogP contribution is 2.57. The predicted octanol–water partition coefficient (Wildman–Crippen LogP) is 4.53. The van der Waals surface area contributed by atoms with Crippen molar-refractivity contribution in [2.45, 2.75) is 72.5 Å². The number of rotatable bonds is 1. The predicted molar refractivity (Wildman–Crippen MR) is 85.8 cm³/mol. The third kappa shape index (κ3) is 2.70. The number of fused-ring (bicyclic) bond motifs is 1. The Balaban J connectivity index is 1.87. The average Bonchev–Trinajstić information content (AvgIpc) is 2.78. The van der Waals surface area contributed by atoms with E-state index in [1.807, 2.05) is 0 Å². The van der Waals surface area contributed by atoms with Gasteiger partial charge in [-0.3, -0.25) is 0 Å². The highest BCUT2D eigenvalue weighted by molar-refractivity contribution is 5.20. The lowest BCUT2D eigenvalue weighted by molar-refractivity contribution is -0.0800. The Kier molecular flexibility index (Phi) is 3.99. The van der Waals surface area contributed by atoms with Crippen molar-refractivity contribution in [3.63, 3.8) is 0 Å². The second kappa shape index (κ2) is 5.38. The maximum absolute atomic E-state index is 10.3. The van der Waals surface area contributed by atoms with Crippen LogP contribution in [0.3, 0.4) is 0 Å². The summed E-state index contributed by atoms with van der Waals surface area (Å²) >= 11 is 0. The second-order valence-electron chi connectivity index (χ2n) is 8.78. The minimum atomic E-state index is -0.566. The van der Waals surface area contributed by atoms with E-state index in [0.29, 0.717) is 22.7 Å². The molecule has 3 rings (SSSR count). The van der Waals surface area contributed by atoms with Gasteiger partial charge < -0.3 is 9.84 Å². The molecule has 0 aromatic carbocycles. The van der Waals surface area contributed by atoms with Gasteiger partial charge in [-0.2, -0.15) is 0 Å². The first-order chi connectivity index (χ1) is 9.86. The highest BCUT2D eigenvalue weighted by Gasteiger charge is 2.50. The molecule has 120 valence electrons. The fourth-order valence-electron chi connectivity index (χ4n) is 5.82. The summed E-state index contributed by atoms with van der Waals surface area (Å²) in [5.74, 6) is 1.44. The maximum Gasteiger partial charge on any atom is 0.161 e. The fraction of sp³-hybridized carbons (Fsp3) is 0.895. The van der Waals surface area contributed by atoms with Gasteiger partial charge in [0, 0.05) is 5.92 Å². The molecule has 2 saturated carbocycles. The molecular formula is C19H32O2. The molecule has 1 heterocycles. The molecule has 21 heavy (non-hydrogen) atoms. The molecule has 1 saturated heterocycles. The van der Waals surface area contributed by atoms with Crippen molar-refractivity contribution in [1.82, 2.24) is 0 Å². The molecular weight excluding hydrogens is 260 g/mol. The Labute approximate surface area is 130 Å². The highest BCUT2D eigenvalue weighted by atomic mass is 16.6. The van der Waals surface area contributed by atoms with Crippen LogP contribution in [0.4, 0.5) is 0 Å². The van der Waals surface area contributed by atoms with Gasteiger partial charge in [0.2, 0.25) is 0 Å². The Bertz CT molecular complexity index is 425. The first-order valence-electron chi connectivity index (χ1n) is 8.82. The summed E-state index contributed by atoms with van der Waals surface area (Å²) in [6, 6.07) is 0. The average molecular weight is 292 g/mol. The van der Waals surface area contributed by atoms with E-state index in [1.165, 1.54) is 44.1 Å². The monoisotopic (exact) mass is 292 g/mol. The number of hydrogen-bond acceptors (Lipinski definition) is 2. The molecule has 3 fully saturated rings. The molecule has 0 bridgehead atoms. The molecule has 0 unspecified atom stereocenters. The molecule has 2 aliphatic carbocycles. The Morgan fingerprint density at radius 3 is 2.62 bits per heavy atom. The van der Waals surface area contributed by atoms with E-state index in [9.17, 15) is 5.11 Å². The van der Waals surface area contributed by atoms with E-state index in [-0.39, 0.29) is 5.92 Å². The second-order valence-corrected chi connectivity index (χ2v) is 8.78. The number of aliphatic hydroxyl groups is 1. The molecule has 0 amide bonds. The molecule has 0 radical (unpaired) electrons. The summed E-state index contributed by atoms with van der Waals surface area (Å²) in [6.07, 6.45) is 9.60. The van der Waals surface area contributed by atoms with E-state index in [4.69, 9.17) is 4.74 Å².